The summed E-state index contributed by atoms with van der Waals surface area (Å²) >= 11 is 0. The lowest BCUT2D eigenvalue weighted by Gasteiger charge is -2.08. The lowest BCUT2D eigenvalue weighted by Crippen LogP contribution is -2.30. The van der Waals surface area contributed by atoms with E-state index in [0.29, 0.717) is 6.54 Å². The Labute approximate surface area is 121 Å². The molecule has 6 heteroatoms. The zero-order valence-electron chi connectivity index (χ0n) is 12.7. The minimum Gasteiger partial charge on any atom is -0.316 e. The van der Waals surface area contributed by atoms with Crippen LogP contribution in [0, 0.1) is 10.8 Å². The third-order valence-corrected chi connectivity index (χ3v) is 6.09. The van der Waals surface area contributed by atoms with E-state index < -0.39 is 10.0 Å². The zero-order valence-corrected chi connectivity index (χ0v) is 13.5. The van der Waals surface area contributed by atoms with Crippen molar-refractivity contribution in [2.24, 2.45) is 10.8 Å². The van der Waals surface area contributed by atoms with Gasteiger partial charge in [0.2, 0.25) is 0 Å². The number of rotatable bonds is 5. The van der Waals surface area contributed by atoms with E-state index in [0.717, 1.165) is 5.56 Å². The second-order valence-corrected chi connectivity index (χ2v) is 8.19. The Bertz CT molecular complexity index is 577. The summed E-state index contributed by atoms with van der Waals surface area (Å²) in [4.78, 5) is 4.05. The number of nitrogens with zero attached hydrogens (tertiary/aromatic N) is 1. The molecule has 1 aromatic heterocycles. The summed E-state index contributed by atoms with van der Waals surface area (Å²) in [5.41, 5.74) is 0.886. The third kappa shape index (κ3) is 2.47. The van der Waals surface area contributed by atoms with E-state index in [2.05, 4.69) is 42.7 Å². The minimum absolute atomic E-state index is 0.0356. The molecule has 1 heterocycles. The molecule has 0 amide bonds. The molecule has 2 rings (SSSR count). The molecule has 0 saturated heterocycles. The van der Waals surface area contributed by atoms with Crippen LogP contribution in [0.4, 0.5) is 0 Å². The van der Waals surface area contributed by atoms with Crippen molar-refractivity contribution in [2.75, 3.05) is 7.05 Å². The molecule has 112 valence electrons. The summed E-state index contributed by atoms with van der Waals surface area (Å²) in [7, 11) is -1.72. The summed E-state index contributed by atoms with van der Waals surface area (Å²) in [6.07, 6.45) is 1.59. The van der Waals surface area contributed by atoms with Crippen LogP contribution in [0.1, 0.15) is 33.3 Å². The van der Waals surface area contributed by atoms with Gasteiger partial charge in [0.25, 0.3) is 10.0 Å². The van der Waals surface area contributed by atoms with Crippen molar-refractivity contribution in [1.82, 2.24) is 15.0 Å². The molecule has 20 heavy (non-hydrogen) atoms. The maximum Gasteiger partial charge on any atom is 0.258 e. The van der Waals surface area contributed by atoms with E-state index >= 15 is 0 Å². The van der Waals surface area contributed by atoms with Crippen molar-refractivity contribution in [3.05, 3.63) is 23.9 Å². The molecule has 0 unspecified atom stereocenters. The second kappa shape index (κ2) is 4.79. The van der Waals surface area contributed by atoms with Crippen LogP contribution in [-0.4, -0.2) is 26.5 Å². The standard InChI is InChI=1S/C14H23N3O2S/c1-13(2)12(14(13,3)4)17-20(18,19)11-7-6-10(8-15-5)9-16-11/h6-7,9,12,15,17H,8H2,1-5H3. The number of hydrogen-bond acceptors (Lipinski definition) is 4. The normalized spacial score (nSPS) is 20.9. The molecule has 5 nitrogen and oxygen atoms in total. The number of sulfonamides is 1. The van der Waals surface area contributed by atoms with Gasteiger partial charge in [0.1, 0.15) is 0 Å². The molecule has 0 radical (unpaired) electrons. The molecule has 2 N–H and O–H groups in total. The van der Waals surface area contributed by atoms with Crippen LogP contribution in [0.5, 0.6) is 0 Å². The van der Waals surface area contributed by atoms with Gasteiger partial charge >= 0.3 is 0 Å². The van der Waals surface area contributed by atoms with Gasteiger partial charge in [-0.05, 0) is 29.5 Å². The highest BCUT2D eigenvalue weighted by Crippen LogP contribution is 2.62. The average molecular weight is 297 g/mol. The summed E-state index contributed by atoms with van der Waals surface area (Å²) < 4.78 is 27.4. The molecule has 1 aliphatic rings. The van der Waals surface area contributed by atoms with Gasteiger partial charge in [-0.3, -0.25) is 0 Å². The van der Waals surface area contributed by atoms with Gasteiger partial charge in [0.15, 0.2) is 5.03 Å². The summed E-state index contributed by atoms with van der Waals surface area (Å²) in [6, 6.07) is 3.28. The molecule has 0 aliphatic heterocycles. The van der Waals surface area contributed by atoms with Gasteiger partial charge in [-0.1, -0.05) is 33.8 Å². The highest BCUT2D eigenvalue weighted by atomic mass is 32.2. The van der Waals surface area contributed by atoms with Crippen molar-refractivity contribution < 1.29 is 8.42 Å². The smallest absolute Gasteiger partial charge is 0.258 e. The predicted molar refractivity (Wildman–Crippen MR) is 78.7 cm³/mol. The van der Waals surface area contributed by atoms with Gasteiger partial charge < -0.3 is 5.32 Å². The van der Waals surface area contributed by atoms with Crippen LogP contribution in [0.3, 0.4) is 0 Å². The fourth-order valence-corrected chi connectivity index (χ4v) is 4.04. The molecular formula is C14H23N3O2S. The van der Waals surface area contributed by atoms with Crippen molar-refractivity contribution >= 4 is 10.0 Å². The molecule has 1 saturated carbocycles. The van der Waals surface area contributed by atoms with E-state index in [1.807, 2.05) is 7.05 Å². The molecule has 0 bridgehead atoms. The van der Waals surface area contributed by atoms with Gasteiger partial charge in [0.05, 0.1) is 0 Å². The fourth-order valence-electron chi connectivity index (χ4n) is 2.59. The number of nitrogens with one attached hydrogen (secondary N) is 2. The van der Waals surface area contributed by atoms with Crippen molar-refractivity contribution in [1.29, 1.82) is 0 Å². The van der Waals surface area contributed by atoms with Crippen LogP contribution in [0.25, 0.3) is 0 Å². The van der Waals surface area contributed by atoms with Crippen LogP contribution < -0.4 is 10.0 Å². The van der Waals surface area contributed by atoms with Crippen LogP contribution >= 0.6 is 0 Å². The highest BCUT2D eigenvalue weighted by molar-refractivity contribution is 7.89. The van der Waals surface area contributed by atoms with E-state index in [1.165, 1.54) is 0 Å². The lowest BCUT2D eigenvalue weighted by molar-refractivity contribution is 0.457. The van der Waals surface area contributed by atoms with Gasteiger partial charge in [-0.2, -0.15) is 0 Å². The zero-order chi connectivity index (χ0) is 15.2. The molecule has 0 atom stereocenters. The first kappa shape index (κ1) is 15.4. The van der Waals surface area contributed by atoms with Gasteiger partial charge in [-0.25, -0.2) is 18.1 Å². The van der Waals surface area contributed by atoms with Crippen molar-refractivity contribution in [3.63, 3.8) is 0 Å². The van der Waals surface area contributed by atoms with E-state index in [1.54, 1.807) is 18.3 Å². The Morgan fingerprint density at radius 1 is 1.20 bits per heavy atom. The largest absolute Gasteiger partial charge is 0.316 e. The number of aromatic nitrogens is 1. The Balaban J connectivity index is 2.16. The summed E-state index contributed by atoms with van der Waals surface area (Å²) in [5.74, 6) is 0. The summed E-state index contributed by atoms with van der Waals surface area (Å²) in [6.45, 7) is 8.96. The van der Waals surface area contributed by atoms with Crippen LogP contribution in [0.2, 0.25) is 0 Å². The maximum absolute atomic E-state index is 12.3. The topological polar surface area (TPSA) is 71.1 Å². The lowest BCUT2D eigenvalue weighted by atomic mass is 10.0. The minimum atomic E-state index is -3.55. The molecule has 0 aromatic carbocycles. The second-order valence-electron chi connectivity index (χ2n) is 6.53. The van der Waals surface area contributed by atoms with Gasteiger partial charge in [0, 0.05) is 18.8 Å². The monoisotopic (exact) mass is 297 g/mol. The van der Waals surface area contributed by atoms with E-state index in [-0.39, 0.29) is 21.9 Å². The number of pyridine rings is 1. The summed E-state index contributed by atoms with van der Waals surface area (Å²) in [5, 5.41) is 3.08. The predicted octanol–water partition coefficient (Wildman–Crippen LogP) is 1.51. The van der Waals surface area contributed by atoms with Crippen molar-refractivity contribution in [3.8, 4) is 0 Å². The Kier molecular flexibility index (Phi) is 3.69. The average Bonchev–Trinajstić information content (AvgIpc) is 2.72. The first-order chi connectivity index (χ1) is 9.13. The Hall–Kier alpha value is -0.980. The Morgan fingerprint density at radius 2 is 1.80 bits per heavy atom. The Morgan fingerprint density at radius 3 is 2.20 bits per heavy atom. The first-order valence-electron chi connectivity index (χ1n) is 6.75. The third-order valence-electron chi connectivity index (χ3n) is 4.75. The fraction of sp³-hybridized carbons (Fsp3) is 0.643. The molecule has 1 aliphatic carbocycles. The van der Waals surface area contributed by atoms with Crippen molar-refractivity contribution in [2.45, 2.75) is 45.3 Å². The number of hydrogen-bond donors (Lipinski definition) is 2. The van der Waals surface area contributed by atoms with E-state index in [9.17, 15) is 8.42 Å². The highest BCUT2D eigenvalue weighted by Gasteiger charge is 2.66. The molecule has 1 aromatic rings. The molecular weight excluding hydrogens is 274 g/mol. The van der Waals surface area contributed by atoms with E-state index in [4.69, 9.17) is 0 Å². The SMILES string of the molecule is CNCc1ccc(S(=O)(=O)NC2C(C)(C)C2(C)C)nc1. The first-order valence-corrected chi connectivity index (χ1v) is 8.23. The van der Waals surface area contributed by atoms with Gasteiger partial charge in [-0.15, -0.1) is 0 Å². The van der Waals surface area contributed by atoms with Crippen LogP contribution in [0.15, 0.2) is 23.4 Å². The molecule has 0 spiro atoms. The quantitative estimate of drug-likeness (QED) is 0.864. The van der Waals surface area contributed by atoms with Crippen LogP contribution in [-0.2, 0) is 16.6 Å². The maximum atomic E-state index is 12.3. The molecule has 1 fully saturated rings.